The van der Waals surface area contributed by atoms with E-state index in [0.29, 0.717) is 19.7 Å². The molecule has 0 radical (unpaired) electrons. The number of para-hydroxylation sites is 1. The summed E-state index contributed by atoms with van der Waals surface area (Å²) in [5.74, 6) is 0.743. The zero-order valence-corrected chi connectivity index (χ0v) is 10.9. The number of aromatic nitrogens is 2. The van der Waals surface area contributed by atoms with E-state index in [1.165, 1.54) is 16.7 Å². The average molecular weight is 279 g/mol. The maximum Gasteiger partial charge on any atom is 0.246 e. The number of ether oxygens (including phenoxy) is 1. The van der Waals surface area contributed by atoms with Crippen molar-refractivity contribution in [2.75, 3.05) is 13.2 Å². The van der Waals surface area contributed by atoms with Gasteiger partial charge in [-0.3, -0.25) is 5.10 Å². The summed E-state index contributed by atoms with van der Waals surface area (Å²) in [5.41, 5.74) is 0.868. The van der Waals surface area contributed by atoms with Crippen molar-refractivity contribution in [2.45, 2.75) is 11.4 Å². The molecule has 0 fully saturated rings. The van der Waals surface area contributed by atoms with Crippen LogP contribution in [0.3, 0.4) is 0 Å². The molecule has 0 saturated carbocycles. The number of benzene rings is 1. The SMILES string of the molecule is O=S(=O)(c1cn[nH]c1)N1CCOc2ccccc2C1. The Kier molecular flexibility index (Phi) is 3.00. The van der Waals surface area contributed by atoms with Crippen LogP contribution in [0.1, 0.15) is 5.56 Å². The number of rotatable bonds is 2. The number of hydrogen-bond donors (Lipinski definition) is 1. The van der Waals surface area contributed by atoms with Gasteiger partial charge in [0.05, 0.1) is 6.20 Å². The molecule has 6 nitrogen and oxygen atoms in total. The Morgan fingerprint density at radius 1 is 1.32 bits per heavy atom. The normalized spacial score (nSPS) is 16.4. The molecule has 1 aromatic heterocycles. The predicted molar refractivity (Wildman–Crippen MR) is 68.1 cm³/mol. The van der Waals surface area contributed by atoms with Gasteiger partial charge in [0.1, 0.15) is 17.3 Å². The Bertz CT molecular complexity index is 667. The van der Waals surface area contributed by atoms with Gasteiger partial charge in [-0.2, -0.15) is 9.40 Å². The number of nitrogens with zero attached hydrogens (tertiary/aromatic N) is 2. The summed E-state index contributed by atoms with van der Waals surface area (Å²) in [4.78, 5) is 0.173. The van der Waals surface area contributed by atoms with Crippen LogP contribution in [-0.2, 0) is 16.6 Å². The molecule has 0 saturated heterocycles. The van der Waals surface area contributed by atoms with Crippen LogP contribution in [-0.4, -0.2) is 36.1 Å². The predicted octanol–water partition coefficient (Wildman–Crippen LogP) is 0.993. The molecule has 7 heteroatoms. The largest absolute Gasteiger partial charge is 0.492 e. The second kappa shape index (κ2) is 4.67. The molecule has 100 valence electrons. The number of fused-ring (bicyclic) bond motifs is 1. The van der Waals surface area contributed by atoms with Crippen molar-refractivity contribution in [3.63, 3.8) is 0 Å². The van der Waals surface area contributed by atoms with E-state index < -0.39 is 10.0 Å². The highest BCUT2D eigenvalue weighted by molar-refractivity contribution is 7.89. The monoisotopic (exact) mass is 279 g/mol. The van der Waals surface area contributed by atoms with Crippen LogP contribution in [0.25, 0.3) is 0 Å². The molecule has 1 aromatic carbocycles. The molecule has 1 aliphatic heterocycles. The number of sulfonamides is 1. The van der Waals surface area contributed by atoms with E-state index in [9.17, 15) is 8.42 Å². The minimum Gasteiger partial charge on any atom is -0.492 e. The van der Waals surface area contributed by atoms with E-state index in [0.717, 1.165) is 11.3 Å². The number of H-pyrrole nitrogens is 1. The Hall–Kier alpha value is -1.86. The molecule has 1 aliphatic rings. The standard InChI is InChI=1S/C12H13N3O3S/c16-19(17,11-7-13-14-8-11)15-5-6-18-12-4-2-1-3-10(12)9-15/h1-4,7-8H,5-6,9H2,(H,13,14). The molecule has 2 aromatic rings. The van der Waals surface area contributed by atoms with Crippen molar-refractivity contribution in [3.05, 3.63) is 42.2 Å². The molecule has 0 amide bonds. The lowest BCUT2D eigenvalue weighted by Crippen LogP contribution is -2.32. The first-order valence-electron chi connectivity index (χ1n) is 5.87. The van der Waals surface area contributed by atoms with Gasteiger partial charge in [-0.25, -0.2) is 8.42 Å². The third-order valence-electron chi connectivity index (χ3n) is 3.03. The third kappa shape index (κ3) is 2.22. The summed E-state index contributed by atoms with van der Waals surface area (Å²) in [6.45, 7) is 0.972. The van der Waals surface area contributed by atoms with Crippen molar-refractivity contribution in [1.82, 2.24) is 14.5 Å². The number of aromatic amines is 1. The molecule has 0 aliphatic carbocycles. The summed E-state index contributed by atoms with van der Waals surface area (Å²) in [5, 5.41) is 6.21. The summed E-state index contributed by atoms with van der Waals surface area (Å²) >= 11 is 0. The second-order valence-electron chi connectivity index (χ2n) is 4.23. The molecular weight excluding hydrogens is 266 g/mol. The van der Waals surface area contributed by atoms with Gasteiger partial charge >= 0.3 is 0 Å². The third-order valence-corrected chi connectivity index (χ3v) is 4.84. The van der Waals surface area contributed by atoms with Gasteiger partial charge in [-0.15, -0.1) is 0 Å². The Morgan fingerprint density at radius 3 is 2.95 bits per heavy atom. The van der Waals surface area contributed by atoms with Crippen LogP contribution in [0.15, 0.2) is 41.6 Å². The van der Waals surface area contributed by atoms with Gasteiger partial charge < -0.3 is 4.74 Å². The maximum atomic E-state index is 12.4. The fourth-order valence-electron chi connectivity index (χ4n) is 2.04. The summed E-state index contributed by atoms with van der Waals surface area (Å²) in [6, 6.07) is 7.47. The zero-order valence-electron chi connectivity index (χ0n) is 10.1. The highest BCUT2D eigenvalue weighted by atomic mass is 32.2. The van der Waals surface area contributed by atoms with Gasteiger partial charge in [0.15, 0.2) is 0 Å². The Balaban J connectivity index is 1.95. The first-order valence-corrected chi connectivity index (χ1v) is 7.31. The molecule has 19 heavy (non-hydrogen) atoms. The summed E-state index contributed by atoms with van der Waals surface area (Å²) in [7, 11) is -3.53. The molecule has 3 rings (SSSR count). The van der Waals surface area contributed by atoms with E-state index in [4.69, 9.17) is 4.74 Å². The fraction of sp³-hybridized carbons (Fsp3) is 0.250. The van der Waals surface area contributed by atoms with Crippen LogP contribution in [0.2, 0.25) is 0 Å². The van der Waals surface area contributed by atoms with Crippen molar-refractivity contribution in [3.8, 4) is 5.75 Å². The second-order valence-corrected chi connectivity index (χ2v) is 6.17. The molecule has 0 bridgehead atoms. The molecular formula is C12H13N3O3S. The van der Waals surface area contributed by atoms with Crippen LogP contribution < -0.4 is 4.74 Å². The lowest BCUT2D eigenvalue weighted by atomic mass is 10.2. The number of hydrogen-bond acceptors (Lipinski definition) is 4. The van der Waals surface area contributed by atoms with Crippen LogP contribution in [0.5, 0.6) is 5.75 Å². The molecule has 0 unspecified atom stereocenters. The quantitative estimate of drug-likeness (QED) is 0.889. The first-order chi connectivity index (χ1) is 9.18. The minimum absolute atomic E-state index is 0.173. The van der Waals surface area contributed by atoms with Crippen molar-refractivity contribution >= 4 is 10.0 Å². The van der Waals surface area contributed by atoms with E-state index >= 15 is 0 Å². The van der Waals surface area contributed by atoms with E-state index in [2.05, 4.69) is 10.2 Å². The highest BCUT2D eigenvalue weighted by Gasteiger charge is 2.28. The minimum atomic E-state index is -3.53. The zero-order chi connectivity index (χ0) is 13.3. The van der Waals surface area contributed by atoms with Crippen LogP contribution in [0.4, 0.5) is 0 Å². The topological polar surface area (TPSA) is 75.3 Å². The summed E-state index contributed by atoms with van der Waals surface area (Å²) in [6.07, 6.45) is 2.69. The van der Waals surface area contributed by atoms with E-state index in [1.807, 2.05) is 24.3 Å². The van der Waals surface area contributed by atoms with Crippen molar-refractivity contribution in [1.29, 1.82) is 0 Å². The van der Waals surface area contributed by atoms with E-state index in [-0.39, 0.29) is 4.90 Å². The lowest BCUT2D eigenvalue weighted by Gasteiger charge is -2.18. The van der Waals surface area contributed by atoms with Crippen molar-refractivity contribution in [2.24, 2.45) is 0 Å². The van der Waals surface area contributed by atoms with Gasteiger partial charge in [-0.1, -0.05) is 18.2 Å². The van der Waals surface area contributed by atoms with Crippen LogP contribution >= 0.6 is 0 Å². The van der Waals surface area contributed by atoms with E-state index in [1.54, 1.807) is 0 Å². The molecule has 2 heterocycles. The van der Waals surface area contributed by atoms with Gasteiger partial charge in [0, 0.05) is 24.8 Å². The lowest BCUT2D eigenvalue weighted by molar-refractivity contribution is 0.293. The van der Waals surface area contributed by atoms with Gasteiger partial charge in [0.25, 0.3) is 0 Å². The van der Waals surface area contributed by atoms with Gasteiger partial charge in [0.2, 0.25) is 10.0 Å². The molecule has 0 atom stereocenters. The molecule has 1 N–H and O–H groups in total. The molecule has 0 spiro atoms. The van der Waals surface area contributed by atoms with Gasteiger partial charge in [-0.05, 0) is 6.07 Å². The van der Waals surface area contributed by atoms with Crippen LogP contribution in [0, 0.1) is 0 Å². The smallest absolute Gasteiger partial charge is 0.246 e. The highest BCUT2D eigenvalue weighted by Crippen LogP contribution is 2.25. The maximum absolute atomic E-state index is 12.4. The first kappa shape index (κ1) is 12.2. The number of nitrogens with one attached hydrogen (secondary N) is 1. The average Bonchev–Trinajstić information content (AvgIpc) is 2.85. The fourth-order valence-corrected chi connectivity index (χ4v) is 3.35. The Labute approximate surface area is 111 Å². The van der Waals surface area contributed by atoms with Crippen molar-refractivity contribution < 1.29 is 13.2 Å². The Morgan fingerprint density at radius 2 is 2.16 bits per heavy atom. The summed E-state index contributed by atoms with van der Waals surface area (Å²) < 4.78 is 31.8.